The van der Waals surface area contributed by atoms with Gasteiger partial charge in [0.2, 0.25) is 0 Å². The van der Waals surface area contributed by atoms with Crippen LogP contribution in [0.5, 0.6) is 5.75 Å². The summed E-state index contributed by atoms with van der Waals surface area (Å²) in [5, 5.41) is 4.65. The Morgan fingerprint density at radius 3 is 3.06 bits per heavy atom. The topological polar surface area (TPSA) is 34.4 Å². The second-order valence-corrected chi connectivity index (χ2v) is 5.44. The van der Waals surface area contributed by atoms with E-state index in [9.17, 15) is 0 Å². The van der Waals surface area contributed by atoms with Crippen LogP contribution in [0.15, 0.2) is 27.3 Å². The Morgan fingerprint density at radius 1 is 1.44 bits per heavy atom. The van der Waals surface area contributed by atoms with Gasteiger partial charge in [-0.25, -0.2) is 0 Å². The molecule has 1 unspecified atom stereocenters. The SMILES string of the molecule is COc1cc(C2CCCCN2)c(Br)c2ccoc12. The van der Waals surface area contributed by atoms with Crippen LogP contribution in [0.1, 0.15) is 30.9 Å². The molecule has 3 rings (SSSR count). The van der Waals surface area contributed by atoms with Crippen molar-refractivity contribution in [1.82, 2.24) is 5.32 Å². The van der Waals surface area contributed by atoms with E-state index in [2.05, 4.69) is 27.3 Å². The lowest BCUT2D eigenvalue weighted by atomic mass is 9.96. The second-order valence-electron chi connectivity index (χ2n) is 4.65. The van der Waals surface area contributed by atoms with Crippen LogP contribution in [-0.4, -0.2) is 13.7 Å². The fraction of sp³-hybridized carbons (Fsp3) is 0.429. The van der Waals surface area contributed by atoms with Crippen molar-refractivity contribution in [3.63, 3.8) is 0 Å². The van der Waals surface area contributed by atoms with Crippen LogP contribution >= 0.6 is 15.9 Å². The molecule has 1 fully saturated rings. The van der Waals surface area contributed by atoms with Crippen molar-refractivity contribution < 1.29 is 9.15 Å². The largest absolute Gasteiger partial charge is 0.493 e. The molecule has 1 aliphatic heterocycles. The molecule has 18 heavy (non-hydrogen) atoms. The number of hydrogen-bond donors (Lipinski definition) is 1. The van der Waals surface area contributed by atoms with Gasteiger partial charge in [-0.3, -0.25) is 0 Å². The minimum Gasteiger partial charge on any atom is -0.493 e. The van der Waals surface area contributed by atoms with Gasteiger partial charge in [-0.1, -0.05) is 6.42 Å². The molecule has 3 nitrogen and oxygen atoms in total. The van der Waals surface area contributed by atoms with E-state index in [1.54, 1.807) is 13.4 Å². The van der Waals surface area contributed by atoms with Gasteiger partial charge >= 0.3 is 0 Å². The van der Waals surface area contributed by atoms with E-state index in [1.807, 2.05) is 6.07 Å². The number of halogens is 1. The van der Waals surface area contributed by atoms with Crippen LogP contribution in [0.2, 0.25) is 0 Å². The molecule has 1 aromatic heterocycles. The molecule has 1 atom stereocenters. The first-order valence-corrected chi connectivity index (χ1v) is 7.07. The van der Waals surface area contributed by atoms with E-state index in [0.717, 1.165) is 27.7 Å². The molecule has 96 valence electrons. The van der Waals surface area contributed by atoms with E-state index >= 15 is 0 Å². The molecule has 2 heterocycles. The van der Waals surface area contributed by atoms with Gasteiger partial charge in [0.05, 0.1) is 13.4 Å². The summed E-state index contributed by atoms with van der Waals surface area (Å²) in [5.41, 5.74) is 2.07. The quantitative estimate of drug-likeness (QED) is 0.910. The van der Waals surface area contributed by atoms with E-state index in [1.165, 1.54) is 24.8 Å². The number of furan rings is 1. The van der Waals surface area contributed by atoms with Gasteiger partial charge in [0.1, 0.15) is 0 Å². The highest BCUT2D eigenvalue weighted by Crippen LogP contribution is 2.39. The Morgan fingerprint density at radius 2 is 2.33 bits per heavy atom. The Hall–Kier alpha value is -1.00. The highest BCUT2D eigenvalue weighted by molar-refractivity contribution is 9.10. The van der Waals surface area contributed by atoms with Crippen molar-refractivity contribution in [1.29, 1.82) is 0 Å². The van der Waals surface area contributed by atoms with Crippen molar-refractivity contribution in [2.45, 2.75) is 25.3 Å². The molecule has 1 N–H and O–H groups in total. The lowest BCUT2D eigenvalue weighted by molar-refractivity contribution is 0.397. The van der Waals surface area contributed by atoms with Gasteiger partial charge < -0.3 is 14.5 Å². The van der Waals surface area contributed by atoms with E-state index < -0.39 is 0 Å². The second kappa shape index (κ2) is 4.94. The van der Waals surface area contributed by atoms with Crippen molar-refractivity contribution in [3.8, 4) is 5.75 Å². The third kappa shape index (κ3) is 1.93. The first-order valence-electron chi connectivity index (χ1n) is 6.28. The zero-order valence-electron chi connectivity index (χ0n) is 10.3. The highest BCUT2D eigenvalue weighted by Gasteiger charge is 2.21. The Bertz CT molecular complexity index is 558. The number of methoxy groups -OCH3 is 1. The van der Waals surface area contributed by atoms with Crippen LogP contribution in [0.3, 0.4) is 0 Å². The van der Waals surface area contributed by atoms with Gasteiger partial charge in [-0.2, -0.15) is 0 Å². The predicted octanol–water partition coefficient (Wildman–Crippen LogP) is 4.02. The first-order chi connectivity index (χ1) is 8.81. The molecular formula is C14H16BrNO2. The van der Waals surface area contributed by atoms with Crippen LogP contribution in [-0.2, 0) is 0 Å². The number of piperidine rings is 1. The summed E-state index contributed by atoms with van der Waals surface area (Å²) in [6.45, 7) is 1.09. The van der Waals surface area contributed by atoms with Gasteiger partial charge in [0.25, 0.3) is 0 Å². The maximum absolute atomic E-state index is 5.49. The number of ether oxygens (including phenoxy) is 1. The first kappa shape index (κ1) is 12.1. The van der Waals surface area contributed by atoms with Crippen LogP contribution in [0, 0.1) is 0 Å². The average molecular weight is 310 g/mol. The van der Waals surface area contributed by atoms with Crippen LogP contribution in [0.25, 0.3) is 11.0 Å². The molecule has 0 spiro atoms. The van der Waals surface area contributed by atoms with Gasteiger partial charge in [0.15, 0.2) is 11.3 Å². The number of nitrogens with one attached hydrogen (secondary N) is 1. The van der Waals surface area contributed by atoms with Gasteiger partial charge in [0, 0.05) is 15.9 Å². The zero-order chi connectivity index (χ0) is 12.5. The smallest absolute Gasteiger partial charge is 0.176 e. The number of fused-ring (bicyclic) bond motifs is 1. The molecule has 1 aliphatic rings. The summed E-state index contributed by atoms with van der Waals surface area (Å²) >= 11 is 3.70. The normalized spacial score (nSPS) is 20.2. The molecule has 0 bridgehead atoms. The van der Waals surface area contributed by atoms with Crippen LogP contribution < -0.4 is 10.1 Å². The fourth-order valence-corrected chi connectivity index (χ4v) is 3.32. The summed E-state index contributed by atoms with van der Waals surface area (Å²) < 4.78 is 12.0. The summed E-state index contributed by atoms with van der Waals surface area (Å²) in [6.07, 6.45) is 5.41. The van der Waals surface area contributed by atoms with E-state index in [0.29, 0.717) is 6.04 Å². The molecule has 1 aromatic carbocycles. The number of benzene rings is 1. The lowest BCUT2D eigenvalue weighted by Crippen LogP contribution is -2.27. The summed E-state index contributed by atoms with van der Waals surface area (Å²) in [7, 11) is 1.68. The number of hydrogen-bond acceptors (Lipinski definition) is 3. The molecule has 0 amide bonds. The van der Waals surface area contributed by atoms with Crippen molar-refractivity contribution >= 4 is 26.9 Å². The maximum Gasteiger partial charge on any atom is 0.176 e. The van der Waals surface area contributed by atoms with E-state index in [4.69, 9.17) is 9.15 Å². The summed E-state index contributed by atoms with van der Waals surface area (Å²) in [4.78, 5) is 0. The van der Waals surface area contributed by atoms with Crippen molar-refractivity contribution in [3.05, 3.63) is 28.4 Å². The molecule has 0 saturated carbocycles. The number of rotatable bonds is 2. The zero-order valence-corrected chi connectivity index (χ0v) is 11.9. The maximum atomic E-state index is 5.49. The van der Waals surface area contributed by atoms with E-state index in [-0.39, 0.29) is 0 Å². The molecular weight excluding hydrogens is 294 g/mol. The highest BCUT2D eigenvalue weighted by atomic mass is 79.9. The molecule has 4 heteroatoms. The Balaban J connectivity index is 2.12. The third-order valence-corrected chi connectivity index (χ3v) is 4.46. The summed E-state index contributed by atoms with van der Waals surface area (Å²) in [6, 6.07) is 4.47. The third-order valence-electron chi connectivity index (χ3n) is 3.57. The molecule has 0 radical (unpaired) electrons. The average Bonchev–Trinajstić information content (AvgIpc) is 2.90. The molecule has 2 aromatic rings. The fourth-order valence-electron chi connectivity index (χ4n) is 2.62. The monoisotopic (exact) mass is 309 g/mol. The van der Waals surface area contributed by atoms with Crippen molar-refractivity contribution in [2.75, 3.05) is 13.7 Å². The van der Waals surface area contributed by atoms with Gasteiger partial charge in [-0.05, 0) is 53.0 Å². The van der Waals surface area contributed by atoms with Crippen molar-refractivity contribution in [2.24, 2.45) is 0 Å². The summed E-state index contributed by atoms with van der Waals surface area (Å²) in [5.74, 6) is 0.806. The minimum atomic E-state index is 0.404. The standard InChI is InChI=1S/C14H16BrNO2/c1-17-12-8-10(11-4-2-3-6-16-11)13(15)9-5-7-18-14(9)12/h5,7-8,11,16H,2-4,6H2,1H3. The minimum absolute atomic E-state index is 0.404. The predicted molar refractivity (Wildman–Crippen MR) is 75.1 cm³/mol. The molecule has 0 aliphatic carbocycles. The Labute approximate surface area is 115 Å². The van der Waals surface area contributed by atoms with Gasteiger partial charge in [-0.15, -0.1) is 0 Å². The van der Waals surface area contributed by atoms with Crippen LogP contribution in [0.4, 0.5) is 0 Å². The Kier molecular flexibility index (Phi) is 3.31. The molecule has 1 saturated heterocycles. The lowest BCUT2D eigenvalue weighted by Gasteiger charge is -2.25.